The molecule has 2 rings (SSSR count). The van der Waals surface area contributed by atoms with E-state index in [1.807, 2.05) is 37.4 Å². The first-order valence-electron chi connectivity index (χ1n) is 7.29. The molecule has 1 unspecified atom stereocenters. The number of nitrogens with one attached hydrogen (secondary N) is 2. The standard InChI is InChI=1S/C17H18Cl2N2O2/c1-21(10-11-23-13-6-3-2-4-7-13)12-16(22)20-17-14(18)8-5-9-15(17)19/h2-9H,10-12H2,1H3,(H,20,22)/p+1. The van der Waals surface area contributed by atoms with Gasteiger partial charge in [0.1, 0.15) is 18.9 Å². The molecule has 0 saturated heterocycles. The topological polar surface area (TPSA) is 42.8 Å². The molecule has 0 bridgehead atoms. The van der Waals surface area contributed by atoms with Crippen molar-refractivity contribution >= 4 is 34.8 Å². The van der Waals surface area contributed by atoms with E-state index in [2.05, 4.69) is 5.32 Å². The average molecular weight is 354 g/mol. The minimum absolute atomic E-state index is 0.141. The van der Waals surface area contributed by atoms with Crippen molar-refractivity contribution < 1.29 is 14.4 Å². The van der Waals surface area contributed by atoms with Gasteiger partial charge in [0.05, 0.1) is 22.8 Å². The molecular formula is C17H19Cl2N2O2+. The first kappa shape index (κ1) is 17.6. The molecule has 23 heavy (non-hydrogen) atoms. The minimum Gasteiger partial charge on any atom is -0.488 e. The summed E-state index contributed by atoms with van der Waals surface area (Å²) in [6.45, 7) is 1.55. The largest absolute Gasteiger partial charge is 0.488 e. The fraction of sp³-hybridized carbons (Fsp3) is 0.235. The molecule has 2 N–H and O–H groups in total. The number of ether oxygens (including phenoxy) is 1. The van der Waals surface area contributed by atoms with Gasteiger partial charge in [-0.3, -0.25) is 4.79 Å². The zero-order chi connectivity index (χ0) is 16.7. The van der Waals surface area contributed by atoms with Crippen molar-refractivity contribution in [2.45, 2.75) is 0 Å². The van der Waals surface area contributed by atoms with Crippen LogP contribution in [0.1, 0.15) is 0 Å². The van der Waals surface area contributed by atoms with Crippen LogP contribution >= 0.6 is 23.2 Å². The molecule has 0 saturated carbocycles. The number of benzene rings is 2. The van der Waals surface area contributed by atoms with Gasteiger partial charge >= 0.3 is 0 Å². The molecule has 0 heterocycles. The highest BCUT2D eigenvalue weighted by Gasteiger charge is 2.13. The second-order valence-corrected chi connectivity index (χ2v) is 6.00. The predicted octanol–water partition coefficient (Wildman–Crippen LogP) is 2.53. The van der Waals surface area contributed by atoms with Crippen LogP contribution in [0.3, 0.4) is 0 Å². The molecule has 6 heteroatoms. The third-order valence-electron chi connectivity index (χ3n) is 3.23. The third-order valence-corrected chi connectivity index (χ3v) is 3.86. The predicted molar refractivity (Wildman–Crippen MR) is 93.6 cm³/mol. The molecular weight excluding hydrogens is 335 g/mol. The van der Waals surface area contributed by atoms with Crippen LogP contribution in [-0.4, -0.2) is 32.7 Å². The maximum atomic E-state index is 12.1. The van der Waals surface area contributed by atoms with E-state index in [1.165, 1.54) is 0 Å². The number of para-hydroxylation sites is 2. The summed E-state index contributed by atoms with van der Waals surface area (Å²) >= 11 is 12.1. The number of hydrogen-bond acceptors (Lipinski definition) is 2. The average Bonchev–Trinajstić information content (AvgIpc) is 2.52. The first-order chi connectivity index (χ1) is 11.1. The number of likely N-dealkylation sites (N-methyl/N-ethyl adjacent to an activating group) is 1. The van der Waals surface area contributed by atoms with Crippen molar-refractivity contribution in [3.05, 3.63) is 58.6 Å². The summed E-state index contributed by atoms with van der Waals surface area (Å²) < 4.78 is 5.62. The maximum absolute atomic E-state index is 12.1. The number of amides is 1. The van der Waals surface area contributed by atoms with E-state index < -0.39 is 0 Å². The number of carbonyl (C=O) groups excluding carboxylic acids is 1. The zero-order valence-corrected chi connectivity index (χ0v) is 14.3. The van der Waals surface area contributed by atoms with E-state index >= 15 is 0 Å². The Morgan fingerprint density at radius 1 is 1.09 bits per heavy atom. The van der Waals surface area contributed by atoms with Gasteiger partial charge in [-0.2, -0.15) is 0 Å². The molecule has 1 amide bonds. The van der Waals surface area contributed by atoms with Gasteiger partial charge in [0.25, 0.3) is 5.91 Å². The smallest absolute Gasteiger partial charge is 0.279 e. The van der Waals surface area contributed by atoms with Gasteiger partial charge in [-0.15, -0.1) is 0 Å². The summed E-state index contributed by atoms with van der Waals surface area (Å²) in [5.41, 5.74) is 0.453. The van der Waals surface area contributed by atoms with E-state index in [-0.39, 0.29) is 5.91 Å². The summed E-state index contributed by atoms with van der Waals surface area (Å²) in [6, 6.07) is 14.7. The number of rotatable bonds is 7. The van der Waals surface area contributed by atoms with Crippen molar-refractivity contribution in [3.63, 3.8) is 0 Å². The molecule has 0 spiro atoms. The van der Waals surface area contributed by atoms with Crippen LogP contribution in [0.15, 0.2) is 48.5 Å². The van der Waals surface area contributed by atoms with Crippen LogP contribution < -0.4 is 15.0 Å². The molecule has 0 aliphatic carbocycles. The highest BCUT2D eigenvalue weighted by molar-refractivity contribution is 6.39. The van der Waals surface area contributed by atoms with E-state index in [1.54, 1.807) is 18.2 Å². The third kappa shape index (κ3) is 5.75. The zero-order valence-electron chi connectivity index (χ0n) is 12.8. The Labute approximate surface area is 146 Å². The SMILES string of the molecule is C[NH+](CCOc1ccccc1)CC(=O)Nc1c(Cl)cccc1Cl. The lowest BCUT2D eigenvalue weighted by Crippen LogP contribution is -3.10. The molecule has 0 aliphatic rings. The second-order valence-electron chi connectivity index (χ2n) is 5.19. The minimum atomic E-state index is -0.141. The van der Waals surface area contributed by atoms with Crippen molar-refractivity contribution in [1.29, 1.82) is 0 Å². The van der Waals surface area contributed by atoms with E-state index in [0.29, 0.717) is 35.4 Å². The Balaban J connectivity index is 1.76. The van der Waals surface area contributed by atoms with Crippen LogP contribution in [0.5, 0.6) is 5.75 Å². The Morgan fingerprint density at radius 2 is 1.74 bits per heavy atom. The summed E-state index contributed by atoms with van der Waals surface area (Å²) in [6.07, 6.45) is 0. The molecule has 122 valence electrons. The normalized spacial score (nSPS) is 11.8. The Bertz CT molecular complexity index is 630. The Kier molecular flexibility index (Phi) is 6.71. The number of carbonyl (C=O) groups is 1. The van der Waals surface area contributed by atoms with Gasteiger partial charge in [0.15, 0.2) is 6.54 Å². The number of halogens is 2. The van der Waals surface area contributed by atoms with Crippen LogP contribution in [0.25, 0.3) is 0 Å². The highest BCUT2D eigenvalue weighted by Crippen LogP contribution is 2.29. The second kappa shape index (κ2) is 8.77. The van der Waals surface area contributed by atoms with Crippen LogP contribution in [0.4, 0.5) is 5.69 Å². The van der Waals surface area contributed by atoms with Gasteiger partial charge in [-0.1, -0.05) is 47.5 Å². The number of anilines is 1. The Morgan fingerprint density at radius 3 is 2.39 bits per heavy atom. The molecule has 0 radical (unpaired) electrons. The van der Waals surface area contributed by atoms with Crippen molar-refractivity contribution in [3.8, 4) is 5.75 Å². The molecule has 2 aromatic carbocycles. The quantitative estimate of drug-likeness (QED) is 0.803. The molecule has 0 aromatic heterocycles. The van der Waals surface area contributed by atoms with Gasteiger partial charge in [0, 0.05) is 0 Å². The van der Waals surface area contributed by atoms with Crippen molar-refractivity contribution in [2.24, 2.45) is 0 Å². The molecule has 2 aromatic rings. The number of quaternary nitrogens is 1. The van der Waals surface area contributed by atoms with E-state index in [4.69, 9.17) is 27.9 Å². The molecule has 0 fully saturated rings. The Hall–Kier alpha value is -1.75. The lowest BCUT2D eigenvalue weighted by atomic mass is 10.3. The van der Waals surface area contributed by atoms with Crippen LogP contribution in [-0.2, 0) is 4.79 Å². The monoisotopic (exact) mass is 353 g/mol. The van der Waals surface area contributed by atoms with Crippen LogP contribution in [0, 0.1) is 0 Å². The van der Waals surface area contributed by atoms with Crippen LogP contribution in [0.2, 0.25) is 10.0 Å². The number of hydrogen-bond donors (Lipinski definition) is 2. The summed E-state index contributed by atoms with van der Waals surface area (Å²) in [4.78, 5) is 13.1. The fourth-order valence-corrected chi connectivity index (χ4v) is 2.52. The molecule has 1 atom stereocenters. The lowest BCUT2D eigenvalue weighted by molar-refractivity contribution is -0.871. The van der Waals surface area contributed by atoms with Gasteiger partial charge in [-0.25, -0.2) is 0 Å². The van der Waals surface area contributed by atoms with E-state index in [0.717, 1.165) is 10.6 Å². The first-order valence-corrected chi connectivity index (χ1v) is 8.05. The van der Waals surface area contributed by atoms with Gasteiger partial charge in [0.2, 0.25) is 0 Å². The van der Waals surface area contributed by atoms with E-state index in [9.17, 15) is 4.79 Å². The van der Waals surface area contributed by atoms with Crippen molar-refractivity contribution in [2.75, 3.05) is 32.1 Å². The summed E-state index contributed by atoms with van der Waals surface area (Å²) in [7, 11) is 1.93. The maximum Gasteiger partial charge on any atom is 0.279 e. The van der Waals surface area contributed by atoms with Gasteiger partial charge in [-0.05, 0) is 24.3 Å². The van der Waals surface area contributed by atoms with Gasteiger partial charge < -0.3 is 15.0 Å². The highest BCUT2D eigenvalue weighted by atomic mass is 35.5. The molecule has 4 nitrogen and oxygen atoms in total. The fourth-order valence-electron chi connectivity index (χ4n) is 2.02. The summed E-state index contributed by atoms with van der Waals surface area (Å²) in [5.74, 6) is 0.685. The molecule has 0 aliphatic heterocycles. The lowest BCUT2D eigenvalue weighted by Gasteiger charge is -2.15. The van der Waals surface area contributed by atoms with Crippen molar-refractivity contribution in [1.82, 2.24) is 0 Å². The summed E-state index contributed by atoms with van der Waals surface area (Å²) in [5, 5.41) is 3.61.